The van der Waals surface area contributed by atoms with Gasteiger partial charge in [-0.05, 0) is 11.1 Å². The van der Waals surface area contributed by atoms with Crippen molar-refractivity contribution in [2.75, 3.05) is 0 Å². The molecule has 2 aromatic carbocycles. The van der Waals surface area contributed by atoms with Crippen molar-refractivity contribution in [3.8, 4) is 0 Å². The van der Waals surface area contributed by atoms with Crippen LogP contribution in [0, 0.1) is 0 Å². The summed E-state index contributed by atoms with van der Waals surface area (Å²) >= 11 is 0. The Bertz CT molecular complexity index is 525. The Hall–Kier alpha value is -1.88. The molecule has 0 aromatic heterocycles. The Labute approximate surface area is 113 Å². The lowest BCUT2D eigenvalue weighted by Crippen LogP contribution is -2.21. The van der Waals surface area contributed by atoms with Crippen molar-refractivity contribution in [2.45, 2.75) is 18.6 Å². The number of rotatable bonds is 4. The van der Waals surface area contributed by atoms with Crippen LogP contribution in [-0.4, -0.2) is 6.36 Å². The van der Waals surface area contributed by atoms with Crippen molar-refractivity contribution in [1.29, 1.82) is 0 Å². The zero-order chi connectivity index (χ0) is 14.6. The Kier molecular flexibility index (Phi) is 4.39. The second-order valence-corrected chi connectivity index (χ2v) is 4.21. The van der Waals surface area contributed by atoms with Crippen molar-refractivity contribution >= 4 is 0 Å². The molecular formula is C15H12F4O. The summed E-state index contributed by atoms with van der Waals surface area (Å²) in [5, 5.41) is 0. The molecule has 0 heterocycles. The lowest BCUT2D eigenvalue weighted by molar-refractivity contribution is -0.351. The van der Waals surface area contributed by atoms with E-state index in [0.29, 0.717) is 0 Å². The van der Waals surface area contributed by atoms with Crippen LogP contribution in [0.3, 0.4) is 0 Å². The molecule has 0 saturated heterocycles. The lowest BCUT2D eigenvalue weighted by Gasteiger charge is -2.23. The number of hydrogen-bond donors (Lipinski definition) is 0. The minimum absolute atomic E-state index is 0.140. The van der Waals surface area contributed by atoms with E-state index < -0.39 is 18.6 Å². The number of benzene rings is 2. The van der Waals surface area contributed by atoms with E-state index in [1.54, 1.807) is 36.4 Å². The van der Waals surface area contributed by atoms with Crippen molar-refractivity contribution in [3.05, 3.63) is 71.8 Å². The molecular weight excluding hydrogens is 272 g/mol. The molecule has 5 heteroatoms. The Balaban J connectivity index is 2.32. The highest BCUT2D eigenvalue weighted by Crippen LogP contribution is 2.39. The van der Waals surface area contributed by atoms with Crippen LogP contribution in [0.4, 0.5) is 17.6 Å². The number of alkyl halides is 4. The van der Waals surface area contributed by atoms with E-state index in [0.717, 1.165) is 0 Å². The summed E-state index contributed by atoms with van der Waals surface area (Å²) in [6.45, 7) is 0. The fourth-order valence-electron chi connectivity index (χ4n) is 1.90. The van der Waals surface area contributed by atoms with Gasteiger partial charge in [-0.2, -0.15) is 0 Å². The molecule has 0 aliphatic rings. The van der Waals surface area contributed by atoms with Gasteiger partial charge in [0.15, 0.2) is 6.17 Å². The van der Waals surface area contributed by atoms with Crippen LogP contribution in [0.15, 0.2) is 60.7 Å². The predicted octanol–water partition coefficient (Wildman–Crippen LogP) is 4.97. The molecule has 20 heavy (non-hydrogen) atoms. The second-order valence-electron chi connectivity index (χ2n) is 4.21. The quantitative estimate of drug-likeness (QED) is 0.720. The third kappa shape index (κ3) is 3.81. The second kappa shape index (κ2) is 6.05. The molecule has 0 amide bonds. The molecule has 0 bridgehead atoms. The lowest BCUT2D eigenvalue weighted by atomic mass is 9.99. The van der Waals surface area contributed by atoms with E-state index >= 15 is 0 Å². The van der Waals surface area contributed by atoms with Gasteiger partial charge in [-0.3, -0.25) is 4.74 Å². The fraction of sp³-hybridized carbons (Fsp3) is 0.200. The van der Waals surface area contributed by atoms with E-state index in [9.17, 15) is 17.6 Å². The van der Waals surface area contributed by atoms with E-state index in [4.69, 9.17) is 0 Å². The zero-order valence-corrected chi connectivity index (χ0v) is 10.3. The summed E-state index contributed by atoms with van der Waals surface area (Å²) in [6.07, 6.45) is -8.53. The van der Waals surface area contributed by atoms with Gasteiger partial charge in [0.1, 0.15) is 6.10 Å². The summed E-state index contributed by atoms with van der Waals surface area (Å²) < 4.78 is 55.8. The van der Waals surface area contributed by atoms with Crippen LogP contribution in [0.25, 0.3) is 0 Å². The van der Waals surface area contributed by atoms with Gasteiger partial charge in [-0.1, -0.05) is 60.7 Å². The Morgan fingerprint density at radius 2 is 1.20 bits per heavy atom. The summed E-state index contributed by atoms with van der Waals surface area (Å²) in [7, 11) is 0. The van der Waals surface area contributed by atoms with Crippen molar-refractivity contribution in [3.63, 3.8) is 0 Å². The first-order valence-corrected chi connectivity index (χ1v) is 5.96. The van der Waals surface area contributed by atoms with Gasteiger partial charge in [0.2, 0.25) is 0 Å². The van der Waals surface area contributed by atoms with Crippen LogP contribution >= 0.6 is 0 Å². The third-order valence-corrected chi connectivity index (χ3v) is 2.77. The van der Waals surface area contributed by atoms with Crippen molar-refractivity contribution in [2.24, 2.45) is 0 Å². The highest BCUT2D eigenvalue weighted by Gasteiger charge is 2.38. The molecule has 2 rings (SSSR count). The van der Waals surface area contributed by atoms with Gasteiger partial charge >= 0.3 is 6.36 Å². The van der Waals surface area contributed by atoms with Gasteiger partial charge in [-0.25, -0.2) is 4.39 Å². The molecule has 1 nitrogen and oxygen atoms in total. The van der Waals surface area contributed by atoms with Gasteiger partial charge in [0.25, 0.3) is 0 Å². The van der Waals surface area contributed by atoms with Crippen LogP contribution in [-0.2, 0) is 4.74 Å². The SMILES string of the molecule is FC(c1ccccc1)C(OC(F)(F)F)c1ccccc1. The third-order valence-electron chi connectivity index (χ3n) is 2.77. The maximum atomic E-state index is 14.4. The summed E-state index contributed by atoms with van der Waals surface area (Å²) in [5.41, 5.74) is 0.284. The van der Waals surface area contributed by atoms with E-state index in [2.05, 4.69) is 4.74 Å². The standard InChI is InChI=1S/C15H12F4O/c16-13(11-7-3-1-4-8-11)14(20-15(17,18)19)12-9-5-2-6-10-12/h1-10,13-14H. The average molecular weight is 284 g/mol. The predicted molar refractivity (Wildman–Crippen MR) is 66.6 cm³/mol. The summed E-state index contributed by atoms with van der Waals surface area (Å²) in [5.74, 6) is 0. The summed E-state index contributed by atoms with van der Waals surface area (Å²) in [6, 6.07) is 15.2. The average Bonchev–Trinajstić information content (AvgIpc) is 2.45. The van der Waals surface area contributed by atoms with Crippen LogP contribution < -0.4 is 0 Å². The number of ether oxygens (including phenoxy) is 1. The van der Waals surface area contributed by atoms with Crippen molar-refractivity contribution in [1.82, 2.24) is 0 Å². The molecule has 0 aliphatic heterocycles. The van der Waals surface area contributed by atoms with Crippen LogP contribution in [0.1, 0.15) is 23.4 Å². The van der Waals surface area contributed by atoms with E-state index in [1.165, 1.54) is 24.3 Å². The van der Waals surface area contributed by atoms with Crippen LogP contribution in [0.2, 0.25) is 0 Å². The molecule has 2 aromatic rings. The van der Waals surface area contributed by atoms with Gasteiger partial charge in [-0.15, -0.1) is 13.2 Å². The van der Waals surface area contributed by atoms with E-state index in [-0.39, 0.29) is 11.1 Å². The van der Waals surface area contributed by atoms with Gasteiger partial charge in [0, 0.05) is 0 Å². The minimum atomic E-state index is -4.90. The van der Waals surface area contributed by atoms with Gasteiger partial charge in [0.05, 0.1) is 0 Å². The van der Waals surface area contributed by atoms with E-state index in [1.807, 2.05) is 0 Å². The maximum absolute atomic E-state index is 14.4. The smallest absolute Gasteiger partial charge is 0.280 e. The fourth-order valence-corrected chi connectivity index (χ4v) is 1.90. The highest BCUT2D eigenvalue weighted by molar-refractivity contribution is 5.25. The molecule has 0 saturated carbocycles. The molecule has 0 aliphatic carbocycles. The Morgan fingerprint density at radius 3 is 1.65 bits per heavy atom. The molecule has 0 radical (unpaired) electrons. The molecule has 0 spiro atoms. The Morgan fingerprint density at radius 1 is 0.750 bits per heavy atom. The topological polar surface area (TPSA) is 9.23 Å². The van der Waals surface area contributed by atoms with Gasteiger partial charge < -0.3 is 0 Å². The first-order chi connectivity index (χ1) is 9.47. The normalized spacial score (nSPS) is 14.8. The number of halogens is 4. The molecule has 2 atom stereocenters. The first-order valence-electron chi connectivity index (χ1n) is 5.96. The highest BCUT2D eigenvalue weighted by atomic mass is 19.4. The molecule has 2 unspecified atom stereocenters. The number of hydrogen-bond acceptors (Lipinski definition) is 1. The maximum Gasteiger partial charge on any atom is 0.523 e. The summed E-state index contributed by atoms with van der Waals surface area (Å²) in [4.78, 5) is 0. The van der Waals surface area contributed by atoms with Crippen molar-refractivity contribution < 1.29 is 22.3 Å². The molecule has 106 valence electrons. The molecule has 0 N–H and O–H groups in total. The molecule has 0 fully saturated rings. The minimum Gasteiger partial charge on any atom is -0.280 e. The zero-order valence-electron chi connectivity index (χ0n) is 10.3. The first kappa shape index (κ1) is 14.5. The van der Waals surface area contributed by atoms with Crippen LogP contribution in [0.5, 0.6) is 0 Å². The largest absolute Gasteiger partial charge is 0.523 e. The monoisotopic (exact) mass is 284 g/mol.